The van der Waals surface area contributed by atoms with E-state index in [9.17, 15) is 10.1 Å². The second kappa shape index (κ2) is 8.96. The summed E-state index contributed by atoms with van der Waals surface area (Å²) >= 11 is 13.5. The lowest BCUT2D eigenvalue weighted by atomic mass is 10.0. The zero-order valence-electron chi connectivity index (χ0n) is 17.7. The number of furan rings is 1. The molecule has 0 saturated carbocycles. The van der Waals surface area contributed by atoms with Crippen molar-refractivity contribution >= 4 is 56.3 Å². The number of fused-ring (bicyclic) bond motifs is 1. The van der Waals surface area contributed by atoms with E-state index in [1.807, 2.05) is 48.7 Å². The van der Waals surface area contributed by atoms with Crippen molar-refractivity contribution in [2.75, 3.05) is 5.32 Å². The Morgan fingerprint density at radius 1 is 1.09 bits per heavy atom. The predicted molar refractivity (Wildman–Crippen MR) is 137 cm³/mol. The zero-order valence-corrected chi connectivity index (χ0v) is 20.1. The third-order valence-corrected chi connectivity index (χ3v) is 6.95. The number of halogens is 2. The lowest BCUT2D eigenvalue weighted by Crippen LogP contribution is -2.13. The Morgan fingerprint density at radius 3 is 2.65 bits per heavy atom. The molecular formula is C26H15Cl2N3O2S. The quantitative estimate of drug-likeness (QED) is 0.269. The van der Waals surface area contributed by atoms with Gasteiger partial charge >= 0.3 is 0 Å². The van der Waals surface area contributed by atoms with Gasteiger partial charge < -0.3 is 9.73 Å². The Hall–Kier alpha value is -3.63. The minimum Gasteiger partial charge on any atom is -0.460 e. The summed E-state index contributed by atoms with van der Waals surface area (Å²) in [6.07, 6.45) is 0. The zero-order chi connectivity index (χ0) is 23.8. The van der Waals surface area contributed by atoms with Gasteiger partial charge in [0.2, 0.25) is 0 Å². The SMILES string of the molecule is Cc1ccc(-c2cc(C(=O)Nc3scc(-c4ccc(Cl)c(Cl)c4)c3C#N)c3ccccc3n2)o1. The molecule has 5 aromatic rings. The van der Waals surface area contributed by atoms with Crippen LogP contribution in [0.3, 0.4) is 0 Å². The number of nitrogens with one attached hydrogen (secondary N) is 1. The second-order valence-corrected chi connectivity index (χ2v) is 9.22. The fourth-order valence-electron chi connectivity index (χ4n) is 3.67. The number of anilines is 1. The van der Waals surface area contributed by atoms with Crippen LogP contribution in [0.4, 0.5) is 5.00 Å². The van der Waals surface area contributed by atoms with Crippen LogP contribution in [-0.2, 0) is 0 Å². The maximum Gasteiger partial charge on any atom is 0.257 e. The molecular weight excluding hydrogens is 489 g/mol. The van der Waals surface area contributed by atoms with Gasteiger partial charge in [-0.05, 0) is 48.9 Å². The maximum atomic E-state index is 13.4. The molecule has 34 heavy (non-hydrogen) atoms. The number of carbonyl (C=O) groups is 1. The molecule has 0 aliphatic heterocycles. The van der Waals surface area contributed by atoms with E-state index in [1.165, 1.54) is 11.3 Å². The third kappa shape index (κ3) is 4.06. The number of nitrogens with zero attached hydrogens (tertiary/aromatic N) is 2. The number of para-hydroxylation sites is 1. The Morgan fingerprint density at radius 2 is 1.91 bits per heavy atom. The highest BCUT2D eigenvalue weighted by Gasteiger charge is 2.20. The van der Waals surface area contributed by atoms with Crippen LogP contribution >= 0.6 is 34.5 Å². The first-order valence-electron chi connectivity index (χ1n) is 10.2. The fraction of sp³-hybridized carbons (Fsp3) is 0.0385. The number of benzene rings is 2. The number of hydrogen-bond donors (Lipinski definition) is 1. The first-order chi connectivity index (χ1) is 16.4. The van der Waals surface area contributed by atoms with Gasteiger partial charge in [-0.1, -0.05) is 47.5 Å². The topological polar surface area (TPSA) is 78.9 Å². The average molecular weight is 504 g/mol. The van der Waals surface area contributed by atoms with E-state index < -0.39 is 0 Å². The first kappa shape index (κ1) is 22.2. The average Bonchev–Trinajstić information content (AvgIpc) is 3.46. The monoisotopic (exact) mass is 503 g/mol. The van der Waals surface area contributed by atoms with E-state index in [2.05, 4.69) is 16.4 Å². The molecule has 0 radical (unpaired) electrons. The van der Waals surface area contributed by atoms with Crippen molar-refractivity contribution in [3.8, 4) is 28.7 Å². The van der Waals surface area contributed by atoms with E-state index in [0.29, 0.717) is 54.1 Å². The largest absolute Gasteiger partial charge is 0.460 e. The number of hydrogen-bond acceptors (Lipinski definition) is 5. The molecule has 1 N–H and O–H groups in total. The summed E-state index contributed by atoms with van der Waals surface area (Å²) in [7, 11) is 0. The Kier molecular flexibility index (Phi) is 5.84. The van der Waals surface area contributed by atoms with E-state index in [0.717, 1.165) is 11.3 Å². The van der Waals surface area contributed by atoms with Crippen molar-refractivity contribution in [3.63, 3.8) is 0 Å². The van der Waals surface area contributed by atoms with Gasteiger partial charge in [0.05, 0.1) is 26.7 Å². The summed E-state index contributed by atoms with van der Waals surface area (Å²) in [5, 5.41) is 16.5. The van der Waals surface area contributed by atoms with Crippen LogP contribution < -0.4 is 5.32 Å². The number of aromatic nitrogens is 1. The van der Waals surface area contributed by atoms with Crippen molar-refractivity contribution in [1.29, 1.82) is 5.26 Å². The summed E-state index contributed by atoms with van der Waals surface area (Å²) in [5.41, 5.74) is 3.43. The van der Waals surface area contributed by atoms with Crippen LogP contribution in [0, 0.1) is 18.3 Å². The maximum absolute atomic E-state index is 13.4. The minimum atomic E-state index is -0.345. The molecule has 0 saturated heterocycles. The highest BCUT2D eigenvalue weighted by molar-refractivity contribution is 7.15. The predicted octanol–water partition coefficient (Wildman–Crippen LogP) is 7.96. The molecule has 0 aliphatic carbocycles. The molecule has 0 unspecified atom stereocenters. The van der Waals surface area contributed by atoms with Crippen LogP contribution in [0.5, 0.6) is 0 Å². The fourth-order valence-corrected chi connectivity index (χ4v) is 4.88. The molecule has 2 aromatic carbocycles. The van der Waals surface area contributed by atoms with Gasteiger partial charge in [-0.15, -0.1) is 11.3 Å². The number of carbonyl (C=O) groups excluding carboxylic acids is 1. The number of rotatable bonds is 4. The molecule has 5 rings (SSSR count). The number of nitriles is 1. The standard InChI is InChI=1S/C26H15Cl2N3O2S/c1-14-6-9-24(33-14)23-11-17(16-4-2-3-5-22(16)30-23)25(32)31-26-18(12-29)19(13-34-26)15-7-8-20(27)21(28)10-15/h2-11,13H,1H3,(H,31,32). The molecule has 3 aromatic heterocycles. The molecule has 8 heteroatoms. The summed E-state index contributed by atoms with van der Waals surface area (Å²) in [5.74, 6) is 0.984. The number of amides is 1. The highest BCUT2D eigenvalue weighted by Crippen LogP contribution is 2.38. The lowest BCUT2D eigenvalue weighted by molar-refractivity contribution is 0.102. The smallest absolute Gasteiger partial charge is 0.257 e. The number of aryl methyl sites for hydroxylation is 1. The van der Waals surface area contributed by atoms with Crippen molar-refractivity contribution in [2.24, 2.45) is 0 Å². The van der Waals surface area contributed by atoms with Crippen molar-refractivity contribution in [2.45, 2.75) is 6.92 Å². The molecule has 5 nitrogen and oxygen atoms in total. The number of pyridine rings is 1. The minimum absolute atomic E-state index is 0.345. The van der Waals surface area contributed by atoms with Gasteiger partial charge in [-0.25, -0.2) is 4.98 Å². The molecule has 0 atom stereocenters. The van der Waals surface area contributed by atoms with Gasteiger partial charge in [0.15, 0.2) is 5.76 Å². The highest BCUT2D eigenvalue weighted by atomic mass is 35.5. The van der Waals surface area contributed by atoms with Crippen LogP contribution in [0.25, 0.3) is 33.5 Å². The summed E-state index contributed by atoms with van der Waals surface area (Å²) in [6, 6.07) is 20.2. The van der Waals surface area contributed by atoms with Gasteiger partial charge in [0, 0.05) is 16.3 Å². The van der Waals surface area contributed by atoms with E-state index in [1.54, 1.807) is 24.3 Å². The molecule has 0 aliphatic rings. The molecule has 166 valence electrons. The third-order valence-electron chi connectivity index (χ3n) is 5.31. The van der Waals surface area contributed by atoms with Crippen LogP contribution in [-0.4, -0.2) is 10.9 Å². The number of thiophene rings is 1. The molecule has 1 amide bonds. The molecule has 3 heterocycles. The van der Waals surface area contributed by atoms with E-state index in [4.69, 9.17) is 27.6 Å². The molecule has 0 spiro atoms. The summed E-state index contributed by atoms with van der Waals surface area (Å²) < 4.78 is 5.72. The second-order valence-electron chi connectivity index (χ2n) is 7.53. The lowest BCUT2D eigenvalue weighted by Gasteiger charge is -2.09. The molecule has 0 bridgehead atoms. The van der Waals surface area contributed by atoms with Gasteiger partial charge in [-0.2, -0.15) is 5.26 Å². The van der Waals surface area contributed by atoms with Gasteiger partial charge in [-0.3, -0.25) is 4.79 Å². The Balaban J connectivity index is 1.55. The first-order valence-corrected chi connectivity index (χ1v) is 11.8. The van der Waals surface area contributed by atoms with Crippen molar-refractivity contribution in [1.82, 2.24) is 4.98 Å². The van der Waals surface area contributed by atoms with E-state index >= 15 is 0 Å². The normalized spacial score (nSPS) is 10.9. The summed E-state index contributed by atoms with van der Waals surface area (Å²) in [4.78, 5) is 18.1. The molecule has 0 fully saturated rings. The van der Waals surface area contributed by atoms with Crippen molar-refractivity contribution < 1.29 is 9.21 Å². The Labute approximate surface area is 209 Å². The summed E-state index contributed by atoms with van der Waals surface area (Å²) in [6.45, 7) is 1.85. The van der Waals surface area contributed by atoms with Gasteiger partial charge in [0.1, 0.15) is 22.5 Å². The van der Waals surface area contributed by atoms with E-state index in [-0.39, 0.29) is 5.91 Å². The van der Waals surface area contributed by atoms with Gasteiger partial charge in [0.25, 0.3) is 5.91 Å². The van der Waals surface area contributed by atoms with Crippen LogP contribution in [0.15, 0.2) is 70.5 Å². The Bertz CT molecular complexity index is 1610. The van der Waals surface area contributed by atoms with Crippen molar-refractivity contribution in [3.05, 3.63) is 93.0 Å². The van der Waals surface area contributed by atoms with Crippen LogP contribution in [0.1, 0.15) is 21.7 Å². The van der Waals surface area contributed by atoms with Crippen LogP contribution in [0.2, 0.25) is 10.0 Å².